The number of aryl methyl sites for hydroxylation is 1. The molecule has 211 valence electrons. The molecule has 0 fully saturated rings. The van der Waals surface area contributed by atoms with Crippen LogP contribution in [0.15, 0.2) is 54.9 Å². The fourth-order valence-electron chi connectivity index (χ4n) is 2.74. The second kappa shape index (κ2) is 11.6. The summed E-state index contributed by atoms with van der Waals surface area (Å²) in [4.78, 5) is 6.68. The molecular weight excluding hydrogens is 728 g/mol. The van der Waals surface area contributed by atoms with E-state index in [1.807, 2.05) is 6.07 Å². The summed E-state index contributed by atoms with van der Waals surface area (Å²) in [5, 5.41) is 8.84. The molecule has 1 radical (unpaired) electrons. The van der Waals surface area contributed by atoms with E-state index in [1.165, 1.54) is 12.3 Å². The Hall–Kier alpha value is -2.71. The largest absolute Gasteiger partial charge is 0.432 e. The maximum Gasteiger partial charge on any atom is 0.432 e. The number of aromatic nitrogens is 2. The Morgan fingerprint density at radius 3 is 1.71 bits per heavy atom. The number of hydrogen-bond acceptors (Lipinski definition) is 3. The van der Waals surface area contributed by atoms with Gasteiger partial charge in [-0.1, -0.05) is 17.7 Å². The van der Waals surface area contributed by atoms with Crippen LogP contribution in [0, 0.1) is 13.0 Å². The van der Waals surface area contributed by atoms with Crippen molar-refractivity contribution < 1.29 is 77.9 Å². The van der Waals surface area contributed by atoms with Gasteiger partial charge in [0.25, 0.3) is 5.60 Å². The average molecular weight is 742 g/mol. The average Bonchev–Trinajstić information content (AvgIpc) is 2.76. The van der Waals surface area contributed by atoms with Crippen LogP contribution in [0.3, 0.4) is 0 Å². The Bertz CT molecular complexity index is 1160. The molecule has 0 saturated heterocycles. The maximum atomic E-state index is 12.7. The van der Waals surface area contributed by atoms with Gasteiger partial charge >= 0.3 is 24.7 Å². The zero-order valence-corrected chi connectivity index (χ0v) is 20.8. The molecule has 0 atom stereocenters. The van der Waals surface area contributed by atoms with Crippen molar-refractivity contribution in [2.24, 2.45) is 0 Å². The van der Waals surface area contributed by atoms with Gasteiger partial charge in [-0.25, -0.2) is 0 Å². The maximum absolute atomic E-state index is 12.7. The number of halogens is 12. The van der Waals surface area contributed by atoms with E-state index in [4.69, 9.17) is 5.11 Å². The number of hydrogen-bond donors (Lipinski definition) is 1. The fraction of sp³-hybridized carbons (Fsp3) is 0.273. The van der Waals surface area contributed by atoms with Crippen molar-refractivity contribution in [2.75, 3.05) is 0 Å². The molecular formula is C22H13F12IrN2O-. The molecule has 0 saturated carbocycles. The van der Waals surface area contributed by atoms with Gasteiger partial charge in [-0.05, 0) is 41.9 Å². The number of rotatable bonds is 2. The van der Waals surface area contributed by atoms with Gasteiger partial charge in [0.15, 0.2) is 0 Å². The molecule has 0 aliphatic heterocycles. The topological polar surface area (TPSA) is 46.0 Å². The van der Waals surface area contributed by atoms with E-state index in [2.05, 4.69) is 9.97 Å². The third-order valence-electron chi connectivity index (χ3n) is 4.55. The third-order valence-corrected chi connectivity index (χ3v) is 4.55. The van der Waals surface area contributed by atoms with E-state index in [0.717, 1.165) is 18.3 Å². The van der Waals surface area contributed by atoms with Crippen LogP contribution in [0.25, 0.3) is 11.3 Å². The minimum Gasteiger partial charge on any atom is -0.368 e. The summed E-state index contributed by atoms with van der Waals surface area (Å²) in [7, 11) is 0. The molecule has 16 heteroatoms. The van der Waals surface area contributed by atoms with E-state index < -0.39 is 47.1 Å². The molecule has 2 heterocycles. The number of alkyl halides is 12. The summed E-state index contributed by atoms with van der Waals surface area (Å²) in [5.41, 5.74) is -8.98. The number of aliphatic hydroxyl groups is 1. The smallest absolute Gasteiger partial charge is 0.368 e. The second-order valence-corrected chi connectivity index (χ2v) is 7.33. The Morgan fingerprint density at radius 1 is 0.711 bits per heavy atom. The van der Waals surface area contributed by atoms with Crippen molar-refractivity contribution in [1.29, 1.82) is 0 Å². The Kier molecular flexibility index (Phi) is 10.2. The van der Waals surface area contributed by atoms with Crippen molar-refractivity contribution in [3.8, 4) is 11.3 Å². The van der Waals surface area contributed by atoms with E-state index in [9.17, 15) is 52.7 Å². The Balaban J connectivity index is 0.000000384. The second-order valence-electron chi connectivity index (χ2n) is 7.33. The van der Waals surface area contributed by atoms with E-state index in [1.54, 1.807) is 13.0 Å². The van der Waals surface area contributed by atoms with E-state index in [0.29, 0.717) is 17.7 Å². The van der Waals surface area contributed by atoms with E-state index in [-0.39, 0.29) is 37.4 Å². The summed E-state index contributed by atoms with van der Waals surface area (Å²) in [6.45, 7) is 1.66. The first-order chi connectivity index (χ1) is 16.7. The molecule has 1 N–H and O–H groups in total. The zero-order chi connectivity index (χ0) is 28.4. The van der Waals surface area contributed by atoms with Crippen LogP contribution in [0.2, 0.25) is 0 Å². The van der Waals surface area contributed by atoms with Crippen LogP contribution < -0.4 is 0 Å². The number of pyridine rings is 2. The molecule has 3 aromatic rings. The minimum atomic E-state index is -5.89. The number of benzene rings is 1. The van der Waals surface area contributed by atoms with Crippen molar-refractivity contribution >= 4 is 0 Å². The van der Waals surface area contributed by atoms with Crippen LogP contribution in [0.4, 0.5) is 52.7 Å². The minimum absolute atomic E-state index is 0. The molecule has 0 aliphatic carbocycles. The first kappa shape index (κ1) is 33.3. The summed E-state index contributed by atoms with van der Waals surface area (Å²) >= 11 is 0. The van der Waals surface area contributed by atoms with Crippen molar-refractivity contribution in [3.63, 3.8) is 0 Å². The van der Waals surface area contributed by atoms with Crippen molar-refractivity contribution in [3.05, 3.63) is 83.3 Å². The van der Waals surface area contributed by atoms with Gasteiger partial charge in [-0.2, -0.15) is 52.7 Å². The van der Waals surface area contributed by atoms with Crippen molar-refractivity contribution in [1.82, 2.24) is 9.97 Å². The summed E-state index contributed by atoms with van der Waals surface area (Å²) in [6, 6.07) is 8.10. The number of nitrogens with zero attached hydrogens (tertiary/aromatic N) is 2. The van der Waals surface area contributed by atoms with Crippen LogP contribution in [-0.2, 0) is 38.1 Å². The first-order valence-electron chi connectivity index (χ1n) is 9.60. The van der Waals surface area contributed by atoms with Crippen molar-refractivity contribution in [2.45, 2.75) is 37.2 Å². The monoisotopic (exact) mass is 742 g/mol. The molecule has 0 spiro atoms. The molecule has 38 heavy (non-hydrogen) atoms. The molecule has 3 nitrogen and oxygen atoms in total. The normalized spacial score (nSPS) is 12.8. The van der Waals surface area contributed by atoms with Gasteiger partial charge < -0.3 is 10.1 Å². The summed E-state index contributed by atoms with van der Waals surface area (Å²) in [5.74, 6) is 0. The molecule has 1 aromatic carbocycles. The van der Waals surface area contributed by atoms with Gasteiger partial charge in [-0.15, -0.1) is 23.8 Å². The van der Waals surface area contributed by atoms with Crippen LogP contribution in [0.1, 0.15) is 22.4 Å². The summed E-state index contributed by atoms with van der Waals surface area (Å²) < 4.78 is 150. The molecule has 0 bridgehead atoms. The van der Waals surface area contributed by atoms with E-state index >= 15 is 0 Å². The van der Waals surface area contributed by atoms with Gasteiger partial charge in [0.1, 0.15) is 0 Å². The summed E-state index contributed by atoms with van der Waals surface area (Å²) in [6.07, 6.45) is -19.5. The third kappa shape index (κ3) is 7.67. The SMILES string of the molecule is Cc1ccnc(-c2[c-]c(C(F)(F)F)cc(C(F)(F)F)c2)c1.OC(c1ccccn1)(C(F)(F)F)C(F)(F)F.[Ir]. The predicted octanol–water partition coefficient (Wildman–Crippen LogP) is 7.29. The molecule has 2 aromatic heterocycles. The molecule has 3 rings (SSSR count). The fourth-order valence-corrected chi connectivity index (χ4v) is 2.74. The predicted molar refractivity (Wildman–Crippen MR) is 103 cm³/mol. The molecule has 0 aliphatic rings. The standard InChI is InChI=1S/C14H8F6N.C8H5F6NO.Ir/c1-8-2-3-21-12(4-8)9-5-10(13(15,16)17)7-11(6-9)14(18,19)20;9-7(10,11)6(16,8(12,13)14)5-3-1-2-4-15-5;/h2-5,7H,1H3;1-4,16H;/q-1;;. The van der Waals surface area contributed by atoms with Gasteiger partial charge in [0.05, 0.1) is 5.69 Å². The molecule has 0 unspecified atom stereocenters. The first-order valence-corrected chi connectivity index (χ1v) is 9.60. The Labute approximate surface area is 219 Å². The van der Waals surface area contributed by atoms with Crippen LogP contribution in [0.5, 0.6) is 0 Å². The zero-order valence-electron chi connectivity index (χ0n) is 18.4. The van der Waals surface area contributed by atoms with Gasteiger partial charge in [0.2, 0.25) is 0 Å². The Morgan fingerprint density at radius 2 is 1.29 bits per heavy atom. The molecule has 0 amide bonds. The van der Waals surface area contributed by atoms with Gasteiger partial charge in [-0.3, -0.25) is 4.98 Å². The van der Waals surface area contributed by atoms with Gasteiger partial charge in [0, 0.05) is 32.5 Å². The quantitative estimate of drug-likeness (QED) is 0.222. The van der Waals surface area contributed by atoms with Crippen LogP contribution in [-0.4, -0.2) is 27.4 Å². The van der Waals surface area contributed by atoms with Crippen LogP contribution >= 0.6 is 0 Å².